The van der Waals surface area contributed by atoms with E-state index in [0.717, 1.165) is 25.9 Å². The Hall–Kier alpha value is -1.65. The third kappa shape index (κ3) is 3.71. The van der Waals surface area contributed by atoms with E-state index in [-0.39, 0.29) is 5.91 Å². The summed E-state index contributed by atoms with van der Waals surface area (Å²) in [6.45, 7) is 1.71. The lowest BCUT2D eigenvalue weighted by Crippen LogP contribution is -2.29. The number of amides is 1. The van der Waals surface area contributed by atoms with E-state index in [0.29, 0.717) is 17.7 Å². The van der Waals surface area contributed by atoms with E-state index in [2.05, 4.69) is 15.3 Å². The third-order valence-electron chi connectivity index (χ3n) is 4.46. The SMILES string of the molecule is O=C(c1ccnc(NC2CCCCCC2)n1)N1CCCC1. The van der Waals surface area contributed by atoms with Gasteiger partial charge in [-0.05, 0) is 31.7 Å². The Kier molecular flexibility index (Phi) is 4.68. The van der Waals surface area contributed by atoms with Gasteiger partial charge < -0.3 is 10.2 Å². The predicted molar refractivity (Wildman–Crippen MR) is 82.3 cm³/mol. The summed E-state index contributed by atoms with van der Waals surface area (Å²) in [4.78, 5) is 22.9. The molecule has 1 aliphatic carbocycles. The largest absolute Gasteiger partial charge is 0.351 e. The van der Waals surface area contributed by atoms with Gasteiger partial charge in [-0.15, -0.1) is 0 Å². The number of aromatic nitrogens is 2. The fraction of sp³-hybridized carbons (Fsp3) is 0.688. The number of nitrogens with one attached hydrogen (secondary N) is 1. The monoisotopic (exact) mass is 288 g/mol. The molecular weight excluding hydrogens is 264 g/mol. The minimum absolute atomic E-state index is 0.0406. The van der Waals surface area contributed by atoms with Crippen molar-refractivity contribution < 1.29 is 4.79 Å². The Morgan fingerprint density at radius 3 is 2.52 bits per heavy atom. The van der Waals surface area contributed by atoms with Crippen molar-refractivity contribution in [3.8, 4) is 0 Å². The van der Waals surface area contributed by atoms with Crippen molar-refractivity contribution in [1.82, 2.24) is 14.9 Å². The molecule has 1 amide bonds. The van der Waals surface area contributed by atoms with Crippen molar-refractivity contribution in [2.75, 3.05) is 18.4 Å². The van der Waals surface area contributed by atoms with E-state index in [9.17, 15) is 4.79 Å². The van der Waals surface area contributed by atoms with Crippen LogP contribution in [0.3, 0.4) is 0 Å². The maximum atomic E-state index is 12.4. The molecule has 1 N–H and O–H groups in total. The summed E-state index contributed by atoms with van der Waals surface area (Å²) in [5.74, 6) is 0.644. The molecule has 5 nitrogen and oxygen atoms in total. The topological polar surface area (TPSA) is 58.1 Å². The van der Waals surface area contributed by atoms with Gasteiger partial charge in [0.25, 0.3) is 5.91 Å². The van der Waals surface area contributed by atoms with Crippen molar-refractivity contribution in [3.63, 3.8) is 0 Å². The van der Waals surface area contributed by atoms with E-state index in [1.807, 2.05) is 4.90 Å². The normalized spacial score (nSPS) is 20.3. The first-order chi connectivity index (χ1) is 10.3. The second-order valence-electron chi connectivity index (χ2n) is 6.10. The number of likely N-dealkylation sites (tertiary alicyclic amines) is 1. The molecule has 1 saturated heterocycles. The van der Waals surface area contributed by atoms with Crippen LogP contribution >= 0.6 is 0 Å². The molecule has 0 radical (unpaired) electrons. The minimum atomic E-state index is 0.0406. The van der Waals surface area contributed by atoms with Gasteiger partial charge in [-0.2, -0.15) is 0 Å². The van der Waals surface area contributed by atoms with Crippen LogP contribution in [0.25, 0.3) is 0 Å². The number of rotatable bonds is 3. The van der Waals surface area contributed by atoms with E-state index in [1.54, 1.807) is 12.3 Å². The van der Waals surface area contributed by atoms with E-state index in [4.69, 9.17) is 0 Å². The Labute approximate surface area is 126 Å². The predicted octanol–water partition coefficient (Wildman–Crippen LogP) is 2.85. The molecule has 5 heteroatoms. The van der Waals surface area contributed by atoms with Crippen LogP contribution in [0, 0.1) is 0 Å². The minimum Gasteiger partial charge on any atom is -0.351 e. The van der Waals surface area contributed by atoms with Crippen LogP contribution in [0.15, 0.2) is 12.3 Å². The highest BCUT2D eigenvalue weighted by atomic mass is 16.2. The molecule has 21 heavy (non-hydrogen) atoms. The number of carbonyl (C=O) groups excluding carboxylic acids is 1. The summed E-state index contributed by atoms with van der Waals surface area (Å²) in [5.41, 5.74) is 0.517. The highest BCUT2D eigenvalue weighted by Gasteiger charge is 2.21. The summed E-state index contributed by atoms with van der Waals surface area (Å²) in [6, 6.07) is 2.17. The highest BCUT2D eigenvalue weighted by Crippen LogP contribution is 2.20. The number of hydrogen-bond donors (Lipinski definition) is 1. The molecule has 1 aromatic rings. The second kappa shape index (κ2) is 6.87. The smallest absolute Gasteiger partial charge is 0.272 e. The van der Waals surface area contributed by atoms with Gasteiger partial charge in [0.1, 0.15) is 5.69 Å². The summed E-state index contributed by atoms with van der Waals surface area (Å²) in [6.07, 6.45) is 11.4. The molecule has 1 saturated carbocycles. The maximum Gasteiger partial charge on any atom is 0.272 e. The first-order valence-corrected chi connectivity index (χ1v) is 8.22. The van der Waals surface area contributed by atoms with Crippen molar-refractivity contribution in [1.29, 1.82) is 0 Å². The van der Waals surface area contributed by atoms with Crippen molar-refractivity contribution in [2.24, 2.45) is 0 Å². The van der Waals surface area contributed by atoms with Gasteiger partial charge in [0.2, 0.25) is 5.95 Å². The lowest BCUT2D eigenvalue weighted by atomic mass is 10.1. The summed E-state index contributed by atoms with van der Waals surface area (Å²) in [7, 11) is 0. The number of hydrogen-bond acceptors (Lipinski definition) is 4. The molecule has 2 aliphatic rings. The molecule has 0 bridgehead atoms. The van der Waals surface area contributed by atoms with Crippen LogP contribution in [0.1, 0.15) is 61.9 Å². The van der Waals surface area contributed by atoms with Crippen LogP contribution in [-0.4, -0.2) is 39.9 Å². The Balaban J connectivity index is 1.66. The third-order valence-corrected chi connectivity index (χ3v) is 4.46. The zero-order valence-electron chi connectivity index (χ0n) is 12.6. The molecule has 0 atom stereocenters. The van der Waals surface area contributed by atoms with Crippen molar-refractivity contribution >= 4 is 11.9 Å². The average Bonchev–Trinajstić information content (AvgIpc) is 2.93. The van der Waals surface area contributed by atoms with Crippen LogP contribution in [-0.2, 0) is 0 Å². The number of nitrogens with zero attached hydrogens (tertiary/aromatic N) is 3. The first kappa shape index (κ1) is 14.3. The summed E-state index contributed by atoms with van der Waals surface area (Å²) < 4.78 is 0. The van der Waals surface area contributed by atoms with Gasteiger partial charge in [0.15, 0.2) is 0 Å². The number of carbonyl (C=O) groups is 1. The lowest BCUT2D eigenvalue weighted by Gasteiger charge is -2.17. The molecule has 1 aliphatic heterocycles. The molecule has 114 valence electrons. The van der Waals surface area contributed by atoms with Gasteiger partial charge >= 0.3 is 0 Å². The van der Waals surface area contributed by atoms with Crippen molar-refractivity contribution in [3.05, 3.63) is 18.0 Å². The van der Waals surface area contributed by atoms with E-state index in [1.165, 1.54) is 38.5 Å². The van der Waals surface area contributed by atoms with Gasteiger partial charge in [-0.3, -0.25) is 4.79 Å². The fourth-order valence-corrected chi connectivity index (χ4v) is 3.24. The zero-order chi connectivity index (χ0) is 14.5. The number of anilines is 1. The molecule has 3 rings (SSSR count). The Bertz CT molecular complexity index is 477. The summed E-state index contributed by atoms with van der Waals surface area (Å²) in [5, 5.41) is 3.41. The van der Waals surface area contributed by atoms with Crippen LogP contribution < -0.4 is 5.32 Å². The molecule has 2 heterocycles. The molecular formula is C16H24N4O. The molecule has 0 spiro atoms. The van der Waals surface area contributed by atoms with Gasteiger partial charge in [0, 0.05) is 25.3 Å². The quantitative estimate of drug-likeness (QED) is 0.869. The van der Waals surface area contributed by atoms with E-state index >= 15 is 0 Å². The second-order valence-corrected chi connectivity index (χ2v) is 6.10. The molecule has 2 fully saturated rings. The van der Waals surface area contributed by atoms with Gasteiger partial charge in [-0.1, -0.05) is 25.7 Å². The molecule has 1 aromatic heterocycles. The highest BCUT2D eigenvalue weighted by molar-refractivity contribution is 5.92. The molecule has 0 aromatic carbocycles. The van der Waals surface area contributed by atoms with Gasteiger partial charge in [-0.25, -0.2) is 9.97 Å². The fourth-order valence-electron chi connectivity index (χ4n) is 3.24. The average molecular weight is 288 g/mol. The van der Waals surface area contributed by atoms with Crippen LogP contribution in [0.5, 0.6) is 0 Å². The maximum absolute atomic E-state index is 12.4. The Morgan fingerprint density at radius 2 is 1.81 bits per heavy atom. The Morgan fingerprint density at radius 1 is 1.10 bits per heavy atom. The van der Waals surface area contributed by atoms with E-state index < -0.39 is 0 Å². The standard InChI is InChI=1S/C16H24N4O/c21-15(20-11-5-6-12-20)14-9-10-17-16(19-14)18-13-7-3-1-2-4-8-13/h9-10,13H,1-8,11-12H2,(H,17,18,19). The van der Waals surface area contributed by atoms with Gasteiger partial charge in [0.05, 0.1) is 0 Å². The van der Waals surface area contributed by atoms with Crippen molar-refractivity contribution in [2.45, 2.75) is 57.4 Å². The van der Waals surface area contributed by atoms with Crippen LogP contribution in [0.4, 0.5) is 5.95 Å². The lowest BCUT2D eigenvalue weighted by molar-refractivity contribution is 0.0787. The zero-order valence-corrected chi connectivity index (χ0v) is 12.6. The molecule has 0 unspecified atom stereocenters. The first-order valence-electron chi connectivity index (χ1n) is 8.22. The summed E-state index contributed by atoms with van der Waals surface area (Å²) >= 11 is 0. The van der Waals surface area contributed by atoms with Crippen LogP contribution in [0.2, 0.25) is 0 Å².